The van der Waals surface area contributed by atoms with E-state index in [2.05, 4.69) is 20.9 Å². The highest BCUT2D eigenvalue weighted by Crippen LogP contribution is 2.37. The molecule has 0 bridgehead atoms. The van der Waals surface area contributed by atoms with E-state index in [9.17, 15) is 9.59 Å². The van der Waals surface area contributed by atoms with E-state index in [-0.39, 0.29) is 18.3 Å². The predicted octanol–water partition coefficient (Wildman–Crippen LogP) is 4.42. The van der Waals surface area contributed by atoms with Crippen molar-refractivity contribution in [2.45, 2.75) is 39.8 Å². The summed E-state index contributed by atoms with van der Waals surface area (Å²) in [6.07, 6.45) is 1.77. The first kappa shape index (κ1) is 25.4. The monoisotopic (exact) mass is 576 g/mol. The van der Waals surface area contributed by atoms with Crippen LogP contribution in [0.5, 0.6) is 11.5 Å². The van der Waals surface area contributed by atoms with Crippen molar-refractivity contribution in [2.75, 3.05) is 13.7 Å². The lowest BCUT2D eigenvalue weighted by molar-refractivity contribution is -0.139. The van der Waals surface area contributed by atoms with Crippen molar-refractivity contribution in [1.82, 2.24) is 4.57 Å². The van der Waals surface area contributed by atoms with E-state index in [0.29, 0.717) is 32.1 Å². The Morgan fingerprint density at radius 1 is 1.34 bits per heavy atom. The van der Waals surface area contributed by atoms with Crippen LogP contribution in [0.2, 0.25) is 0 Å². The zero-order valence-corrected chi connectivity index (χ0v) is 23.2. The lowest BCUT2D eigenvalue weighted by Crippen LogP contribution is -2.39. The molecule has 3 heterocycles. The largest absolute Gasteiger partial charge is 0.493 e. The molecule has 7 nitrogen and oxygen atoms in total. The van der Waals surface area contributed by atoms with E-state index >= 15 is 0 Å². The van der Waals surface area contributed by atoms with Gasteiger partial charge in [0.15, 0.2) is 16.3 Å². The van der Waals surface area contributed by atoms with Gasteiger partial charge in [-0.2, -0.15) is 0 Å². The zero-order chi connectivity index (χ0) is 25.3. The van der Waals surface area contributed by atoms with Crippen molar-refractivity contribution in [2.24, 2.45) is 4.99 Å². The van der Waals surface area contributed by atoms with Gasteiger partial charge < -0.3 is 14.2 Å². The molecule has 10 heteroatoms. The standard InChI is InChI=1S/C25H25BrN2O5S2/c1-6-32-24(30)20-14(4)27-25-28(21(20)18-8-7-9-34-18)23(29)19(35-25)12-15-10-16(26)22(33-13(2)3)17(11-15)31-5/h7-13,21H,6H2,1-5H3/b19-12-/t21-/m0/s1. The molecule has 0 saturated heterocycles. The summed E-state index contributed by atoms with van der Waals surface area (Å²) >= 11 is 6.32. The number of hydrogen-bond donors (Lipinski definition) is 0. The number of allylic oxidation sites excluding steroid dienone is 1. The van der Waals surface area contributed by atoms with Gasteiger partial charge in [-0.25, -0.2) is 9.79 Å². The molecule has 0 unspecified atom stereocenters. The number of esters is 1. The number of carbonyl (C=O) groups excluding carboxylic acids is 1. The van der Waals surface area contributed by atoms with Gasteiger partial charge in [0.25, 0.3) is 5.56 Å². The van der Waals surface area contributed by atoms with Crippen LogP contribution in [-0.4, -0.2) is 30.4 Å². The second kappa shape index (κ2) is 10.5. The van der Waals surface area contributed by atoms with Crippen LogP contribution >= 0.6 is 38.6 Å². The molecule has 0 radical (unpaired) electrons. The first-order valence-corrected chi connectivity index (χ1v) is 13.5. The summed E-state index contributed by atoms with van der Waals surface area (Å²) < 4.78 is 19.5. The number of nitrogens with zero attached hydrogens (tertiary/aromatic N) is 2. The second-order valence-electron chi connectivity index (χ2n) is 8.02. The number of thiazole rings is 1. The summed E-state index contributed by atoms with van der Waals surface area (Å²) in [5.74, 6) is 0.702. The zero-order valence-electron chi connectivity index (χ0n) is 20.0. The smallest absolute Gasteiger partial charge is 0.338 e. The molecule has 1 aromatic carbocycles. The molecule has 4 rings (SSSR count). The number of ether oxygens (including phenoxy) is 3. The fourth-order valence-corrected chi connectivity index (χ4v) is 6.26. The number of aromatic nitrogens is 1. The van der Waals surface area contributed by atoms with Gasteiger partial charge in [-0.3, -0.25) is 9.36 Å². The van der Waals surface area contributed by atoms with E-state index in [4.69, 9.17) is 14.2 Å². The van der Waals surface area contributed by atoms with E-state index in [0.717, 1.165) is 14.9 Å². The topological polar surface area (TPSA) is 79.1 Å². The molecule has 184 valence electrons. The third-order valence-corrected chi connectivity index (χ3v) is 7.73. The van der Waals surface area contributed by atoms with Crippen molar-refractivity contribution in [1.29, 1.82) is 0 Å². The summed E-state index contributed by atoms with van der Waals surface area (Å²) in [5, 5.41) is 1.92. The Bertz CT molecular complexity index is 1470. The molecular formula is C25H25BrN2O5S2. The number of benzene rings is 1. The Hall–Kier alpha value is -2.69. The number of thiophene rings is 1. The van der Waals surface area contributed by atoms with Gasteiger partial charge in [0.1, 0.15) is 6.04 Å². The van der Waals surface area contributed by atoms with Crippen LogP contribution < -0.4 is 24.4 Å². The Labute approximate surface area is 219 Å². The maximum Gasteiger partial charge on any atom is 0.338 e. The summed E-state index contributed by atoms with van der Waals surface area (Å²) in [6.45, 7) is 7.66. The number of hydrogen-bond acceptors (Lipinski definition) is 8. The number of fused-ring (bicyclic) bond motifs is 1. The molecule has 1 aliphatic rings. The van der Waals surface area contributed by atoms with Gasteiger partial charge in [-0.05, 0) is 78.8 Å². The van der Waals surface area contributed by atoms with Gasteiger partial charge >= 0.3 is 5.97 Å². The van der Waals surface area contributed by atoms with Crippen molar-refractivity contribution >= 4 is 50.6 Å². The fourth-order valence-electron chi connectivity index (χ4n) is 3.83. The van der Waals surface area contributed by atoms with Crippen LogP contribution in [0.4, 0.5) is 0 Å². The number of rotatable bonds is 7. The Kier molecular flexibility index (Phi) is 7.63. The summed E-state index contributed by atoms with van der Waals surface area (Å²) in [6, 6.07) is 6.94. The van der Waals surface area contributed by atoms with Crippen LogP contribution in [0.25, 0.3) is 6.08 Å². The number of methoxy groups -OCH3 is 1. The molecule has 3 aromatic rings. The van der Waals surface area contributed by atoms with Gasteiger partial charge in [0.2, 0.25) is 0 Å². The SMILES string of the molecule is CCOC(=O)C1=C(C)N=c2s/c(=C\c3cc(Br)c(OC(C)C)c(OC)c3)c(=O)n2[C@H]1c1cccs1. The Morgan fingerprint density at radius 2 is 2.11 bits per heavy atom. The van der Waals surface area contributed by atoms with E-state index in [1.54, 1.807) is 31.6 Å². The highest BCUT2D eigenvalue weighted by atomic mass is 79.9. The third-order valence-electron chi connectivity index (χ3n) is 5.23. The first-order valence-electron chi connectivity index (χ1n) is 11.0. The molecule has 1 aliphatic heterocycles. The maximum absolute atomic E-state index is 13.7. The Morgan fingerprint density at radius 3 is 2.74 bits per heavy atom. The van der Waals surface area contributed by atoms with Crippen LogP contribution in [0.1, 0.15) is 44.2 Å². The molecule has 0 fully saturated rings. The van der Waals surface area contributed by atoms with Gasteiger partial charge in [0.05, 0.1) is 40.1 Å². The molecule has 1 atom stereocenters. The molecule has 0 saturated carbocycles. The average molecular weight is 578 g/mol. The minimum absolute atomic E-state index is 0.0242. The average Bonchev–Trinajstić information content (AvgIpc) is 3.43. The maximum atomic E-state index is 13.7. The van der Waals surface area contributed by atoms with Crippen LogP contribution in [-0.2, 0) is 9.53 Å². The van der Waals surface area contributed by atoms with E-state index in [1.807, 2.05) is 43.5 Å². The molecule has 0 aliphatic carbocycles. The van der Waals surface area contributed by atoms with Crippen molar-refractivity contribution in [3.05, 3.63) is 75.5 Å². The van der Waals surface area contributed by atoms with Crippen molar-refractivity contribution < 1.29 is 19.0 Å². The fraction of sp³-hybridized carbons (Fsp3) is 0.320. The van der Waals surface area contributed by atoms with Crippen molar-refractivity contribution in [3.8, 4) is 11.5 Å². The summed E-state index contributed by atoms with van der Waals surface area (Å²) in [5.41, 5.74) is 1.48. The highest BCUT2D eigenvalue weighted by molar-refractivity contribution is 9.10. The third kappa shape index (κ3) is 5.00. The first-order chi connectivity index (χ1) is 16.7. The van der Waals surface area contributed by atoms with E-state index in [1.165, 1.54) is 22.7 Å². The molecule has 0 spiro atoms. The summed E-state index contributed by atoms with van der Waals surface area (Å²) in [4.78, 5) is 32.5. The normalized spacial score (nSPS) is 15.7. The lowest BCUT2D eigenvalue weighted by atomic mass is 10.0. The van der Waals surface area contributed by atoms with Crippen molar-refractivity contribution in [3.63, 3.8) is 0 Å². The van der Waals surface area contributed by atoms with Gasteiger partial charge in [0, 0.05) is 4.88 Å². The van der Waals surface area contributed by atoms with Crippen LogP contribution in [0.15, 0.2) is 55.2 Å². The van der Waals surface area contributed by atoms with Crippen LogP contribution in [0.3, 0.4) is 0 Å². The quantitative estimate of drug-likeness (QED) is 0.389. The molecule has 35 heavy (non-hydrogen) atoms. The Balaban J connectivity index is 1.88. The van der Waals surface area contributed by atoms with Gasteiger partial charge in [-0.1, -0.05) is 17.4 Å². The highest BCUT2D eigenvalue weighted by Gasteiger charge is 2.33. The minimum atomic E-state index is -0.587. The van der Waals surface area contributed by atoms with E-state index < -0.39 is 12.0 Å². The molecule has 2 aromatic heterocycles. The lowest BCUT2D eigenvalue weighted by Gasteiger charge is -2.23. The molecule has 0 amide bonds. The molecular weight excluding hydrogens is 552 g/mol. The summed E-state index contributed by atoms with van der Waals surface area (Å²) in [7, 11) is 1.58. The second-order valence-corrected chi connectivity index (χ2v) is 10.9. The molecule has 0 N–H and O–H groups in total. The predicted molar refractivity (Wildman–Crippen MR) is 141 cm³/mol. The minimum Gasteiger partial charge on any atom is -0.493 e. The number of halogens is 1. The number of carbonyl (C=O) groups is 1. The van der Waals surface area contributed by atoms with Crippen LogP contribution in [0, 0.1) is 0 Å². The van der Waals surface area contributed by atoms with Gasteiger partial charge in [-0.15, -0.1) is 11.3 Å².